The summed E-state index contributed by atoms with van der Waals surface area (Å²) in [5.41, 5.74) is 2.71. The predicted molar refractivity (Wildman–Crippen MR) is 108 cm³/mol. The fourth-order valence-corrected chi connectivity index (χ4v) is 3.37. The number of carbonyl (C=O) groups is 1. The minimum absolute atomic E-state index is 0.0516. The Bertz CT molecular complexity index is 1050. The van der Waals surface area contributed by atoms with E-state index < -0.39 is 4.92 Å². The zero-order chi connectivity index (χ0) is 20.4. The van der Waals surface area contributed by atoms with E-state index in [1.807, 2.05) is 25.2 Å². The van der Waals surface area contributed by atoms with Crippen molar-refractivity contribution in [2.24, 2.45) is 7.05 Å². The number of nitrogens with one attached hydrogen (secondary N) is 1. The number of rotatable bonds is 5. The van der Waals surface area contributed by atoms with Crippen LogP contribution in [0, 0.1) is 10.1 Å². The lowest BCUT2D eigenvalue weighted by atomic mass is 10.2. The Hall–Kier alpha value is -3.30. The Kier molecular flexibility index (Phi) is 5.24. The first-order chi connectivity index (χ1) is 14.0. The number of hydrogen-bond acceptors (Lipinski definition) is 6. The zero-order valence-electron chi connectivity index (χ0n) is 16.0. The standard InChI is InChI=1S/C20H21N5O4/c1-23-18-7-4-15(21-20(26)14-2-5-16(6-3-14)25(27)28)12-17(18)22-19(23)13-24-8-10-29-11-9-24/h2-7,12H,8-11,13H2,1H3,(H,21,26). The molecular weight excluding hydrogens is 374 g/mol. The summed E-state index contributed by atoms with van der Waals surface area (Å²) in [6.07, 6.45) is 0. The van der Waals surface area contributed by atoms with Gasteiger partial charge in [-0.1, -0.05) is 0 Å². The summed E-state index contributed by atoms with van der Waals surface area (Å²) in [5, 5.41) is 13.6. The number of fused-ring (bicyclic) bond motifs is 1. The molecule has 0 aliphatic carbocycles. The number of non-ortho nitro benzene ring substituents is 1. The number of hydrogen-bond donors (Lipinski definition) is 1. The maximum absolute atomic E-state index is 12.4. The number of anilines is 1. The first-order valence-electron chi connectivity index (χ1n) is 9.32. The van der Waals surface area contributed by atoms with E-state index >= 15 is 0 Å². The number of aryl methyl sites for hydroxylation is 1. The van der Waals surface area contributed by atoms with Gasteiger partial charge in [-0.05, 0) is 30.3 Å². The first-order valence-corrected chi connectivity index (χ1v) is 9.32. The fourth-order valence-electron chi connectivity index (χ4n) is 3.37. The number of nitro benzene ring substituents is 1. The van der Waals surface area contributed by atoms with Gasteiger partial charge in [-0.3, -0.25) is 19.8 Å². The van der Waals surface area contributed by atoms with Crippen LogP contribution in [0.25, 0.3) is 11.0 Å². The van der Waals surface area contributed by atoms with Crippen molar-refractivity contribution in [2.75, 3.05) is 31.6 Å². The number of imidazole rings is 1. The second-order valence-corrected chi connectivity index (χ2v) is 6.94. The summed E-state index contributed by atoms with van der Waals surface area (Å²) in [4.78, 5) is 29.7. The third kappa shape index (κ3) is 4.10. The molecule has 150 valence electrons. The quantitative estimate of drug-likeness (QED) is 0.526. The molecule has 29 heavy (non-hydrogen) atoms. The number of benzene rings is 2. The van der Waals surface area contributed by atoms with E-state index in [0.29, 0.717) is 11.3 Å². The van der Waals surface area contributed by atoms with E-state index in [9.17, 15) is 14.9 Å². The minimum atomic E-state index is -0.495. The molecular formula is C20H21N5O4. The fraction of sp³-hybridized carbons (Fsp3) is 0.300. The average Bonchev–Trinajstić information content (AvgIpc) is 3.03. The molecule has 0 radical (unpaired) electrons. The number of nitrogens with zero attached hydrogens (tertiary/aromatic N) is 4. The molecule has 3 aromatic rings. The van der Waals surface area contributed by atoms with Gasteiger partial charge < -0.3 is 14.6 Å². The molecule has 1 aliphatic rings. The third-order valence-electron chi connectivity index (χ3n) is 5.04. The van der Waals surface area contributed by atoms with Crippen LogP contribution in [0.2, 0.25) is 0 Å². The van der Waals surface area contributed by atoms with Crippen LogP contribution < -0.4 is 5.32 Å². The van der Waals surface area contributed by atoms with Crippen LogP contribution in [-0.2, 0) is 18.3 Å². The lowest BCUT2D eigenvalue weighted by Gasteiger charge is -2.26. The van der Waals surface area contributed by atoms with E-state index in [2.05, 4.69) is 14.8 Å². The summed E-state index contributed by atoms with van der Waals surface area (Å²) >= 11 is 0. The van der Waals surface area contributed by atoms with E-state index in [1.165, 1.54) is 24.3 Å². The van der Waals surface area contributed by atoms with Crippen LogP contribution in [-0.4, -0.2) is 51.6 Å². The molecule has 1 N–H and O–H groups in total. The zero-order valence-corrected chi connectivity index (χ0v) is 16.0. The van der Waals surface area contributed by atoms with Gasteiger partial charge in [0.2, 0.25) is 0 Å². The molecule has 2 heterocycles. The van der Waals surface area contributed by atoms with Crippen molar-refractivity contribution in [2.45, 2.75) is 6.54 Å². The monoisotopic (exact) mass is 395 g/mol. The number of amides is 1. The van der Waals surface area contributed by atoms with Crippen LogP contribution in [0.3, 0.4) is 0 Å². The molecule has 9 heteroatoms. The average molecular weight is 395 g/mol. The lowest BCUT2D eigenvalue weighted by Crippen LogP contribution is -2.36. The molecule has 0 spiro atoms. The number of ether oxygens (including phenoxy) is 1. The van der Waals surface area contributed by atoms with E-state index in [-0.39, 0.29) is 11.6 Å². The Morgan fingerprint density at radius 1 is 1.21 bits per heavy atom. The van der Waals surface area contributed by atoms with Gasteiger partial charge in [0.05, 0.1) is 35.7 Å². The Morgan fingerprint density at radius 3 is 2.62 bits per heavy atom. The summed E-state index contributed by atoms with van der Waals surface area (Å²) < 4.78 is 7.45. The highest BCUT2D eigenvalue weighted by Gasteiger charge is 2.16. The Labute approximate surface area is 167 Å². The first kappa shape index (κ1) is 19.0. The van der Waals surface area contributed by atoms with Gasteiger partial charge in [0.1, 0.15) is 5.82 Å². The molecule has 1 aromatic heterocycles. The van der Waals surface area contributed by atoms with Gasteiger partial charge in [0.25, 0.3) is 11.6 Å². The van der Waals surface area contributed by atoms with Crippen molar-refractivity contribution in [3.05, 3.63) is 64.0 Å². The number of carbonyl (C=O) groups excluding carboxylic acids is 1. The summed E-state index contributed by atoms with van der Waals surface area (Å²) in [6, 6.07) is 11.1. The highest BCUT2D eigenvalue weighted by atomic mass is 16.6. The summed E-state index contributed by atoms with van der Waals surface area (Å²) in [5.74, 6) is 0.629. The molecule has 1 saturated heterocycles. The van der Waals surface area contributed by atoms with Crippen molar-refractivity contribution in [3.63, 3.8) is 0 Å². The summed E-state index contributed by atoms with van der Waals surface area (Å²) in [7, 11) is 1.99. The van der Waals surface area contributed by atoms with Crippen LogP contribution in [0.4, 0.5) is 11.4 Å². The maximum Gasteiger partial charge on any atom is 0.269 e. The van der Waals surface area contributed by atoms with Gasteiger partial charge in [0.15, 0.2) is 0 Å². The molecule has 0 unspecified atom stereocenters. The molecule has 1 amide bonds. The minimum Gasteiger partial charge on any atom is -0.379 e. The van der Waals surface area contributed by atoms with Gasteiger partial charge in [-0.25, -0.2) is 4.98 Å². The Balaban J connectivity index is 1.50. The van der Waals surface area contributed by atoms with Crippen molar-refractivity contribution >= 4 is 28.3 Å². The van der Waals surface area contributed by atoms with Gasteiger partial charge in [-0.15, -0.1) is 0 Å². The van der Waals surface area contributed by atoms with Crippen LogP contribution in [0.5, 0.6) is 0 Å². The molecule has 0 saturated carbocycles. The van der Waals surface area contributed by atoms with Crippen LogP contribution in [0.15, 0.2) is 42.5 Å². The van der Waals surface area contributed by atoms with Crippen molar-refractivity contribution in [1.29, 1.82) is 0 Å². The van der Waals surface area contributed by atoms with Gasteiger partial charge in [0, 0.05) is 43.5 Å². The van der Waals surface area contributed by atoms with E-state index in [1.54, 1.807) is 0 Å². The van der Waals surface area contributed by atoms with Crippen molar-refractivity contribution in [3.8, 4) is 0 Å². The molecule has 2 aromatic carbocycles. The summed E-state index contributed by atoms with van der Waals surface area (Å²) in [6.45, 7) is 4.00. The highest BCUT2D eigenvalue weighted by molar-refractivity contribution is 6.05. The smallest absolute Gasteiger partial charge is 0.269 e. The Morgan fingerprint density at radius 2 is 1.93 bits per heavy atom. The SMILES string of the molecule is Cn1c(CN2CCOCC2)nc2cc(NC(=O)c3ccc([N+](=O)[O-])cc3)ccc21. The topological polar surface area (TPSA) is 103 Å². The molecule has 1 fully saturated rings. The van der Waals surface area contributed by atoms with E-state index in [0.717, 1.165) is 49.7 Å². The molecule has 0 atom stereocenters. The second kappa shape index (κ2) is 7.98. The van der Waals surface area contributed by atoms with Crippen molar-refractivity contribution in [1.82, 2.24) is 14.5 Å². The number of morpholine rings is 1. The highest BCUT2D eigenvalue weighted by Crippen LogP contribution is 2.21. The van der Waals surface area contributed by atoms with E-state index in [4.69, 9.17) is 9.72 Å². The molecule has 9 nitrogen and oxygen atoms in total. The molecule has 0 bridgehead atoms. The number of aromatic nitrogens is 2. The molecule has 1 aliphatic heterocycles. The lowest BCUT2D eigenvalue weighted by molar-refractivity contribution is -0.384. The largest absolute Gasteiger partial charge is 0.379 e. The predicted octanol–water partition coefficient (Wildman–Crippen LogP) is 2.57. The normalized spacial score (nSPS) is 14.8. The maximum atomic E-state index is 12.4. The van der Waals surface area contributed by atoms with Crippen LogP contribution >= 0.6 is 0 Å². The van der Waals surface area contributed by atoms with Crippen molar-refractivity contribution < 1.29 is 14.5 Å². The molecule has 4 rings (SSSR count). The van der Waals surface area contributed by atoms with Gasteiger partial charge in [-0.2, -0.15) is 0 Å². The van der Waals surface area contributed by atoms with Gasteiger partial charge >= 0.3 is 0 Å². The second-order valence-electron chi connectivity index (χ2n) is 6.94. The number of nitro groups is 1. The third-order valence-corrected chi connectivity index (χ3v) is 5.04. The van der Waals surface area contributed by atoms with Crippen LogP contribution in [0.1, 0.15) is 16.2 Å².